The lowest BCUT2D eigenvalue weighted by Crippen LogP contribution is -2.24. The Kier molecular flexibility index (Phi) is 6.87. The molecule has 0 aliphatic rings. The van der Waals surface area contributed by atoms with Gasteiger partial charge < -0.3 is 10.1 Å². The fraction of sp³-hybridized carbons (Fsp3) is 0.500. The molecule has 2 N–H and O–H groups in total. The van der Waals surface area contributed by atoms with Gasteiger partial charge in [-0.15, -0.1) is 0 Å². The number of carbonyl (C=O) groups excluding carboxylic acids is 1. The van der Waals surface area contributed by atoms with Crippen molar-refractivity contribution in [2.75, 3.05) is 25.0 Å². The zero-order valence-corrected chi connectivity index (χ0v) is 11.1. The molecule has 1 rings (SSSR count). The third kappa shape index (κ3) is 6.91. The maximum absolute atomic E-state index is 11.4. The maximum atomic E-state index is 11.4. The van der Waals surface area contributed by atoms with Crippen LogP contribution in [0, 0.1) is 5.92 Å². The lowest BCUT2D eigenvalue weighted by atomic mass is 10.1. The predicted molar refractivity (Wildman–Crippen MR) is 73.7 cm³/mol. The van der Waals surface area contributed by atoms with E-state index >= 15 is 0 Å². The van der Waals surface area contributed by atoms with E-state index in [0.29, 0.717) is 19.1 Å². The predicted octanol–water partition coefficient (Wildman–Crippen LogP) is 2.87. The molecule has 0 bridgehead atoms. The third-order valence-electron chi connectivity index (χ3n) is 2.43. The van der Waals surface area contributed by atoms with Gasteiger partial charge in [0.15, 0.2) is 0 Å². The Morgan fingerprint density at radius 3 is 2.61 bits per heavy atom. The van der Waals surface area contributed by atoms with Gasteiger partial charge in [0.25, 0.3) is 0 Å². The first-order valence-corrected chi connectivity index (χ1v) is 6.38. The van der Waals surface area contributed by atoms with E-state index in [9.17, 15) is 4.79 Å². The summed E-state index contributed by atoms with van der Waals surface area (Å²) >= 11 is 0. The Hall–Kier alpha value is -1.55. The molecule has 0 unspecified atom stereocenters. The van der Waals surface area contributed by atoms with E-state index in [1.807, 2.05) is 30.3 Å². The number of anilines is 1. The van der Waals surface area contributed by atoms with E-state index in [0.717, 1.165) is 18.7 Å². The minimum atomic E-state index is -0.410. The quantitative estimate of drug-likeness (QED) is 0.732. The number of hydrogen-bond donors (Lipinski definition) is 2. The Morgan fingerprint density at radius 1 is 1.22 bits per heavy atom. The topological polar surface area (TPSA) is 50.4 Å². The Labute approximate surface area is 109 Å². The van der Waals surface area contributed by atoms with Crippen LogP contribution < -0.4 is 10.6 Å². The number of rotatable bonds is 7. The van der Waals surface area contributed by atoms with Crippen LogP contribution >= 0.6 is 0 Å². The van der Waals surface area contributed by atoms with Gasteiger partial charge in [-0.2, -0.15) is 0 Å². The van der Waals surface area contributed by atoms with E-state index in [2.05, 4.69) is 24.5 Å². The highest BCUT2D eigenvalue weighted by Gasteiger charge is 2.01. The number of benzene rings is 1. The average Bonchev–Trinajstić information content (AvgIpc) is 2.34. The Balaban J connectivity index is 2.04. The van der Waals surface area contributed by atoms with Gasteiger partial charge in [-0.05, 0) is 31.0 Å². The summed E-state index contributed by atoms with van der Waals surface area (Å²) in [5.74, 6) is 0.694. The van der Waals surface area contributed by atoms with Gasteiger partial charge >= 0.3 is 6.09 Å². The molecule has 4 heteroatoms. The fourth-order valence-electron chi connectivity index (χ4n) is 1.41. The molecule has 0 heterocycles. The van der Waals surface area contributed by atoms with E-state index in [-0.39, 0.29) is 0 Å². The van der Waals surface area contributed by atoms with E-state index < -0.39 is 6.09 Å². The second-order valence-electron chi connectivity index (χ2n) is 4.56. The summed E-state index contributed by atoms with van der Waals surface area (Å²) in [4.78, 5) is 11.4. The van der Waals surface area contributed by atoms with Crippen LogP contribution in [-0.4, -0.2) is 25.8 Å². The molecule has 0 aliphatic carbocycles. The second-order valence-corrected chi connectivity index (χ2v) is 4.56. The fourth-order valence-corrected chi connectivity index (χ4v) is 1.41. The molecule has 1 aromatic carbocycles. The van der Waals surface area contributed by atoms with Crippen molar-refractivity contribution >= 4 is 11.8 Å². The van der Waals surface area contributed by atoms with Crippen molar-refractivity contribution in [2.45, 2.75) is 20.3 Å². The van der Waals surface area contributed by atoms with Gasteiger partial charge in [-0.3, -0.25) is 5.32 Å². The summed E-state index contributed by atoms with van der Waals surface area (Å²) in [5.41, 5.74) is 0.746. The summed E-state index contributed by atoms with van der Waals surface area (Å²) in [6.07, 6.45) is 0.725. The van der Waals surface area contributed by atoms with E-state index in [1.165, 1.54) is 0 Å². The zero-order valence-electron chi connectivity index (χ0n) is 11.1. The third-order valence-corrected chi connectivity index (χ3v) is 2.43. The van der Waals surface area contributed by atoms with Gasteiger partial charge in [0.2, 0.25) is 0 Å². The SMILES string of the molecule is CC(C)CCNCCOC(=O)Nc1ccccc1. The van der Waals surface area contributed by atoms with Crippen molar-refractivity contribution in [1.82, 2.24) is 5.32 Å². The molecule has 0 radical (unpaired) electrons. The van der Waals surface area contributed by atoms with Crippen LogP contribution in [0.2, 0.25) is 0 Å². The average molecular weight is 250 g/mol. The minimum absolute atomic E-state index is 0.386. The number of ether oxygens (including phenoxy) is 1. The number of amides is 1. The molecular weight excluding hydrogens is 228 g/mol. The van der Waals surface area contributed by atoms with Crippen molar-refractivity contribution in [3.8, 4) is 0 Å². The number of para-hydroxylation sites is 1. The summed E-state index contributed by atoms with van der Waals surface area (Å²) in [6.45, 7) is 6.41. The summed E-state index contributed by atoms with van der Waals surface area (Å²) in [5, 5.41) is 5.89. The molecule has 0 saturated carbocycles. The molecule has 0 fully saturated rings. The van der Waals surface area contributed by atoms with E-state index in [4.69, 9.17) is 4.74 Å². The van der Waals surface area contributed by atoms with Gasteiger partial charge in [0.1, 0.15) is 6.61 Å². The van der Waals surface area contributed by atoms with Crippen LogP contribution in [0.5, 0.6) is 0 Å². The molecule has 1 aromatic rings. The number of carbonyl (C=O) groups is 1. The number of hydrogen-bond acceptors (Lipinski definition) is 3. The van der Waals surface area contributed by atoms with Crippen molar-refractivity contribution in [3.05, 3.63) is 30.3 Å². The minimum Gasteiger partial charge on any atom is -0.448 e. The highest BCUT2D eigenvalue weighted by atomic mass is 16.5. The van der Waals surface area contributed by atoms with Crippen LogP contribution in [0.1, 0.15) is 20.3 Å². The van der Waals surface area contributed by atoms with E-state index in [1.54, 1.807) is 0 Å². The first-order valence-electron chi connectivity index (χ1n) is 6.38. The normalized spacial score (nSPS) is 10.4. The molecule has 18 heavy (non-hydrogen) atoms. The van der Waals surface area contributed by atoms with Crippen LogP contribution in [-0.2, 0) is 4.74 Å². The molecular formula is C14H22N2O2. The first kappa shape index (κ1) is 14.5. The molecule has 1 amide bonds. The van der Waals surface area contributed by atoms with Gasteiger partial charge in [0, 0.05) is 12.2 Å². The summed E-state index contributed by atoms with van der Waals surface area (Å²) in [7, 11) is 0. The standard InChI is InChI=1S/C14H22N2O2/c1-12(2)8-9-15-10-11-18-14(17)16-13-6-4-3-5-7-13/h3-7,12,15H,8-11H2,1-2H3,(H,16,17). The maximum Gasteiger partial charge on any atom is 0.411 e. The van der Waals surface area contributed by atoms with Crippen molar-refractivity contribution in [1.29, 1.82) is 0 Å². The summed E-state index contributed by atoms with van der Waals surface area (Å²) < 4.78 is 5.04. The van der Waals surface area contributed by atoms with Crippen molar-refractivity contribution < 1.29 is 9.53 Å². The monoisotopic (exact) mass is 250 g/mol. The van der Waals surface area contributed by atoms with Crippen LogP contribution in [0.25, 0.3) is 0 Å². The van der Waals surface area contributed by atoms with Crippen LogP contribution in [0.4, 0.5) is 10.5 Å². The van der Waals surface area contributed by atoms with Crippen molar-refractivity contribution in [2.24, 2.45) is 5.92 Å². The lowest BCUT2D eigenvalue weighted by molar-refractivity contribution is 0.162. The first-order chi connectivity index (χ1) is 8.68. The smallest absolute Gasteiger partial charge is 0.411 e. The van der Waals surface area contributed by atoms with Crippen LogP contribution in [0.3, 0.4) is 0 Å². The molecule has 0 aliphatic heterocycles. The zero-order chi connectivity index (χ0) is 13.2. The summed E-state index contributed by atoms with van der Waals surface area (Å²) in [6, 6.07) is 9.27. The van der Waals surface area contributed by atoms with Crippen LogP contribution in [0.15, 0.2) is 30.3 Å². The largest absolute Gasteiger partial charge is 0.448 e. The molecule has 0 saturated heterocycles. The highest BCUT2D eigenvalue weighted by Crippen LogP contribution is 2.04. The van der Waals surface area contributed by atoms with Gasteiger partial charge in [-0.1, -0.05) is 32.0 Å². The highest BCUT2D eigenvalue weighted by molar-refractivity contribution is 5.84. The Bertz CT molecular complexity index is 339. The van der Waals surface area contributed by atoms with Gasteiger partial charge in [0.05, 0.1) is 0 Å². The van der Waals surface area contributed by atoms with Gasteiger partial charge in [-0.25, -0.2) is 4.79 Å². The lowest BCUT2D eigenvalue weighted by Gasteiger charge is -2.08. The molecule has 0 atom stereocenters. The number of nitrogens with one attached hydrogen (secondary N) is 2. The molecule has 0 spiro atoms. The second kappa shape index (κ2) is 8.53. The molecule has 100 valence electrons. The molecule has 0 aromatic heterocycles. The molecule has 4 nitrogen and oxygen atoms in total. The van der Waals surface area contributed by atoms with Crippen molar-refractivity contribution in [3.63, 3.8) is 0 Å². The Morgan fingerprint density at radius 2 is 1.94 bits per heavy atom.